The highest BCUT2D eigenvalue weighted by Crippen LogP contribution is 2.25. The van der Waals surface area contributed by atoms with E-state index >= 15 is 0 Å². The Kier molecular flexibility index (Phi) is 3.49. The molecule has 13 heavy (non-hydrogen) atoms. The van der Waals surface area contributed by atoms with E-state index in [2.05, 4.69) is 6.92 Å². The normalized spacial score (nSPS) is 15.3. The van der Waals surface area contributed by atoms with Gasteiger partial charge in [-0.25, -0.2) is 0 Å². The molecule has 0 heterocycles. The zero-order chi connectivity index (χ0) is 9.73. The summed E-state index contributed by atoms with van der Waals surface area (Å²) in [4.78, 5) is 0. The van der Waals surface area contributed by atoms with E-state index in [1.807, 2.05) is 37.3 Å². The van der Waals surface area contributed by atoms with E-state index in [1.54, 1.807) is 0 Å². The predicted molar refractivity (Wildman–Crippen MR) is 55.5 cm³/mol. The van der Waals surface area contributed by atoms with Crippen LogP contribution >= 0.6 is 0 Å². The maximum atomic E-state index is 10.1. The van der Waals surface area contributed by atoms with Crippen molar-refractivity contribution in [3.63, 3.8) is 0 Å². The monoisotopic (exact) mass is 178 g/mol. The third kappa shape index (κ3) is 2.85. The van der Waals surface area contributed by atoms with E-state index in [0.717, 1.165) is 24.8 Å². The van der Waals surface area contributed by atoms with Gasteiger partial charge in [0.2, 0.25) is 0 Å². The van der Waals surface area contributed by atoms with Gasteiger partial charge >= 0.3 is 0 Å². The molecule has 0 radical (unpaired) electrons. The summed E-state index contributed by atoms with van der Waals surface area (Å²) in [6, 6.07) is 9.87. The summed E-state index contributed by atoms with van der Waals surface area (Å²) in [6.07, 6.45) is 3.04. The summed E-state index contributed by atoms with van der Waals surface area (Å²) < 4.78 is 0. The first kappa shape index (κ1) is 10.3. The van der Waals surface area contributed by atoms with E-state index in [0.29, 0.717) is 0 Å². The molecule has 0 aliphatic rings. The van der Waals surface area contributed by atoms with Gasteiger partial charge in [0.05, 0.1) is 5.60 Å². The van der Waals surface area contributed by atoms with Gasteiger partial charge < -0.3 is 5.11 Å². The zero-order valence-corrected chi connectivity index (χ0v) is 8.46. The van der Waals surface area contributed by atoms with E-state index in [1.165, 1.54) is 0 Å². The van der Waals surface area contributed by atoms with Crippen molar-refractivity contribution in [2.24, 2.45) is 0 Å². The third-order valence-electron chi connectivity index (χ3n) is 2.41. The molecular formula is C12H18O. The van der Waals surface area contributed by atoms with Gasteiger partial charge in [-0.2, -0.15) is 0 Å². The Labute approximate surface area is 80.4 Å². The molecule has 0 saturated heterocycles. The molecule has 1 rings (SSSR count). The van der Waals surface area contributed by atoms with Gasteiger partial charge in [0.1, 0.15) is 0 Å². The average molecular weight is 178 g/mol. The molecule has 1 N–H and O–H groups in total. The molecule has 72 valence electrons. The second-order valence-electron chi connectivity index (χ2n) is 3.74. The first-order valence-corrected chi connectivity index (χ1v) is 4.94. The highest BCUT2D eigenvalue weighted by atomic mass is 16.3. The topological polar surface area (TPSA) is 20.2 Å². The van der Waals surface area contributed by atoms with Crippen molar-refractivity contribution < 1.29 is 5.11 Å². The van der Waals surface area contributed by atoms with Crippen LogP contribution in [0.15, 0.2) is 30.3 Å². The Morgan fingerprint density at radius 1 is 1.23 bits per heavy atom. The molecule has 1 heteroatoms. The zero-order valence-electron chi connectivity index (χ0n) is 8.46. The number of benzene rings is 1. The molecule has 0 aliphatic carbocycles. The van der Waals surface area contributed by atoms with Crippen LogP contribution in [0, 0.1) is 0 Å². The van der Waals surface area contributed by atoms with Crippen LogP contribution in [-0.4, -0.2) is 5.11 Å². The summed E-state index contributed by atoms with van der Waals surface area (Å²) in [5.74, 6) is 0. The van der Waals surface area contributed by atoms with Crippen molar-refractivity contribution in [3.05, 3.63) is 35.9 Å². The molecule has 0 aliphatic heterocycles. The Bertz CT molecular complexity index is 239. The van der Waals surface area contributed by atoms with Crippen molar-refractivity contribution in [3.8, 4) is 0 Å². The minimum Gasteiger partial charge on any atom is -0.385 e. The summed E-state index contributed by atoms with van der Waals surface area (Å²) in [6.45, 7) is 4.03. The molecule has 0 aromatic heterocycles. The number of rotatable bonds is 4. The Morgan fingerprint density at radius 3 is 2.38 bits per heavy atom. The highest BCUT2D eigenvalue weighted by molar-refractivity contribution is 5.21. The van der Waals surface area contributed by atoms with Crippen LogP contribution in [0.25, 0.3) is 0 Å². The maximum absolute atomic E-state index is 10.1. The average Bonchev–Trinajstić information content (AvgIpc) is 2.16. The van der Waals surface area contributed by atoms with Crippen LogP contribution in [0.3, 0.4) is 0 Å². The van der Waals surface area contributed by atoms with E-state index < -0.39 is 5.60 Å². The van der Waals surface area contributed by atoms with Gasteiger partial charge in [-0.15, -0.1) is 0 Å². The van der Waals surface area contributed by atoms with E-state index in [4.69, 9.17) is 0 Å². The number of hydrogen-bond acceptors (Lipinski definition) is 1. The fourth-order valence-electron chi connectivity index (χ4n) is 1.46. The number of unbranched alkanes of at least 4 members (excludes halogenated alkanes) is 1. The lowest BCUT2D eigenvalue weighted by molar-refractivity contribution is 0.0454. The minimum absolute atomic E-state index is 0.655. The largest absolute Gasteiger partial charge is 0.385 e. The summed E-state index contributed by atoms with van der Waals surface area (Å²) in [5.41, 5.74) is 0.362. The van der Waals surface area contributed by atoms with Gasteiger partial charge in [-0.1, -0.05) is 50.1 Å². The van der Waals surface area contributed by atoms with Gasteiger partial charge in [0.15, 0.2) is 0 Å². The van der Waals surface area contributed by atoms with Crippen molar-refractivity contribution in [1.29, 1.82) is 0 Å². The molecule has 1 aromatic carbocycles. The molecular weight excluding hydrogens is 160 g/mol. The quantitative estimate of drug-likeness (QED) is 0.751. The summed E-state index contributed by atoms with van der Waals surface area (Å²) in [5, 5.41) is 10.1. The van der Waals surface area contributed by atoms with Crippen LogP contribution in [0.1, 0.15) is 38.7 Å². The molecule has 1 aromatic rings. The van der Waals surface area contributed by atoms with Crippen molar-refractivity contribution in [2.45, 2.75) is 38.7 Å². The summed E-state index contributed by atoms with van der Waals surface area (Å²) >= 11 is 0. The Hall–Kier alpha value is -0.820. The van der Waals surface area contributed by atoms with E-state index in [-0.39, 0.29) is 0 Å². The lowest BCUT2D eigenvalue weighted by Crippen LogP contribution is -2.20. The molecule has 0 bridgehead atoms. The van der Waals surface area contributed by atoms with Gasteiger partial charge in [0, 0.05) is 0 Å². The minimum atomic E-state index is -0.655. The molecule has 0 spiro atoms. The Morgan fingerprint density at radius 2 is 1.85 bits per heavy atom. The van der Waals surface area contributed by atoms with Gasteiger partial charge in [-0.05, 0) is 18.9 Å². The Balaban J connectivity index is 2.69. The third-order valence-corrected chi connectivity index (χ3v) is 2.41. The second kappa shape index (κ2) is 4.43. The lowest BCUT2D eigenvalue weighted by atomic mass is 9.91. The molecule has 0 unspecified atom stereocenters. The van der Waals surface area contributed by atoms with E-state index in [9.17, 15) is 5.11 Å². The second-order valence-corrected chi connectivity index (χ2v) is 3.74. The van der Waals surface area contributed by atoms with Crippen LogP contribution in [0.2, 0.25) is 0 Å². The fraction of sp³-hybridized carbons (Fsp3) is 0.500. The molecule has 1 atom stereocenters. The van der Waals surface area contributed by atoms with Crippen LogP contribution in [0.5, 0.6) is 0 Å². The SMILES string of the molecule is CCCC[C@@](C)(O)c1ccccc1. The number of aliphatic hydroxyl groups is 1. The predicted octanol–water partition coefficient (Wildman–Crippen LogP) is 3.08. The first-order chi connectivity index (χ1) is 6.17. The number of hydrogen-bond donors (Lipinski definition) is 1. The molecule has 0 amide bonds. The van der Waals surface area contributed by atoms with Crippen molar-refractivity contribution in [1.82, 2.24) is 0 Å². The van der Waals surface area contributed by atoms with Crippen LogP contribution < -0.4 is 0 Å². The molecule has 1 nitrogen and oxygen atoms in total. The highest BCUT2D eigenvalue weighted by Gasteiger charge is 2.21. The van der Waals surface area contributed by atoms with Crippen molar-refractivity contribution >= 4 is 0 Å². The maximum Gasteiger partial charge on any atom is 0.0868 e. The molecule has 0 fully saturated rings. The fourth-order valence-corrected chi connectivity index (χ4v) is 1.46. The summed E-state index contributed by atoms with van der Waals surface area (Å²) in [7, 11) is 0. The standard InChI is InChI=1S/C12H18O/c1-3-4-10-12(2,13)11-8-6-5-7-9-11/h5-9,13H,3-4,10H2,1-2H3/t12-/m1/s1. The first-order valence-electron chi connectivity index (χ1n) is 4.94. The van der Waals surface area contributed by atoms with Gasteiger partial charge in [-0.3, -0.25) is 0 Å². The lowest BCUT2D eigenvalue weighted by Gasteiger charge is -2.23. The molecule has 0 saturated carbocycles. The van der Waals surface area contributed by atoms with Gasteiger partial charge in [0.25, 0.3) is 0 Å². The van der Waals surface area contributed by atoms with Crippen LogP contribution in [-0.2, 0) is 5.60 Å². The smallest absolute Gasteiger partial charge is 0.0868 e. The van der Waals surface area contributed by atoms with Crippen LogP contribution in [0.4, 0.5) is 0 Å². The van der Waals surface area contributed by atoms with Crippen molar-refractivity contribution in [2.75, 3.05) is 0 Å².